The molecule has 0 saturated carbocycles. The number of nitrogens with two attached hydrogens (primary N) is 1. The molecular weight excluding hydrogens is 178 g/mol. The summed E-state index contributed by atoms with van der Waals surface area (Å²) in [6.45, 7) is 5.27. The lowest BCUT2D eigenvalue weighted by atomic mass is 10.7. The van der Waals surface area contributed by atoms with Crippen molar-refractivity contribution in [2.24, 2.45) is 5.73 Å². The highest BCUT2D eigenvalue weighted by Crippen LogP contribution is 1.75. The van der Waals surface area contributed by atoms with Crippen molar-refractivity contribution in [3.05, 3.63) is 0 Å². The van der Waals surface area contributed by atoms with Gasteiger partial charge in [-0.05, 0) is 6.92 Å². The summed E-state index contributed by atoms with van der Waals surface area (Å²) >= 11 is 0. The van der Waals surface area contributed by atoms with E-state index in [1.54, 1.807) is 0 Å². The number of rotatable bonds is 6. The van der Waals surface area contributed by atoms with E-state index in [0.717, 1.165) is 6.61 Å². The second-order valence-corrected chi connectivity index (χ2v) is 1.88. The predicted octanol–water partition coefficient (Wildman–Crippen LogP) is 0.221. The molecule has 0 atom stereocenters. The number of carbonyl (C=O) groups is 1. The fraction of sp³-hybridized carbons (Fsp3) is 0.857. The van der Waals surface area contributed by atoms with Crippen molar-refractivity contribution in [3.63, 3.8) is 0 Å². The zero-order chi connectivity index (χ0) is 10.5. The fourth-order valence-corrected chi connectivity index (χ4v) is 0.448. The number of ether oxygens (including phenoxy) is 2. The van der Waals surface area contributed by atoms with Crippen molar-refractivity contribution >= 4 is 6.16 Å². The topological polar surface area (TPSA) is 102 Å². The van der Waals surface area contributed by atoms with Crippen LogP contribution in [0.15, 0.2) is 0 Å². The van der Waals surface area contributed by atoms with Gasteiger partial charge in [0.15, 0.2) is 0 Å². The first kappa shape index (κ1) is 14.7. The summed E-state index contributed by atoms with van der Waals surface area (Å²) in [4.78, 5) is 8.56. The van der Waals surface area contributed by atoms with E-state index in [4.69, 9.17) is 30.2 Å². The van der Waals surface area contributed by atoms with Gasteiger partial charge >= 0.3 is 6.16 Å². The van der Waals surface area contributed by atoms with Gasteiger partial charge in [-0.2, -0.15) is 0 Å². The molecule has 0 radical (unpaired) electrons. The molecule has 6 nitrogen and oxygen atoms in total. The summed E-state index contributed by atoms with van der Waals surface area (Å²) < 4.78 is 10.0. The average Bonchev–Trinajstić information content (AvgIpc) is 2.03. The van der Waals surface area contributed by atoms with Crippen LogP contribution in [0.25, 0.3) is 0 Å². The van der Waals surface area contributed by atoms with Gasteiger partial charge in [-0.15, -0.1) is 0 Å². The molecule has 0 aromatic heterocycles. The van der Waals surface area contributed by atoms with Gasteiger partial charge in [0.05, 0.1) is 19.8 Å². The molecule has 0 saturated heterocycles. The summed E-state index contributed by atoms with van der Waals surface area (Å²) in [6, 6.07) is 0. The van der Waals surface area contributed by atoms with Gasteiger partial charge in [-0.3, -0.25) is 0 Å². The third-order valence-corrected chi connectivity index (χ3v) is 0.838. The van der Waals surface area contributed by atoms with Crippen LogP contribution in [-0.2, 0) is 9.47 Å². The molecule has 0 bridgehead atoms. The summed E-state index contributed by atoms with van der Waals surface area (Å²) in [5, 5.41) is 13.9. The quantitative estimate of drug-likeness (QED) is 0.524. The van der Waals surface area contributed by atoms with Gasteiger partial charge in [0.2, 0.25) is 0 Å². The molecule has 6 heteroatoms. The Hall–Kier alpha value is -0.850. The van der Waals surface area contributed by atoms with Crippen LogP contribution in [0.1, 0.15) is 6.92 Å². The molecule has 0 amide bonds. The lowest BCUT2D eigenvalue weighted by Crippen LogP contribution is -2.11. The lowest BCUT2D eigenvalue weighted by molar-refractivity contribution is 0.0561. The third-order valence-electron chi connectivity index (χ3n) is 0.838. The molecule has 0 unspecified atom stereocenters. The van der Waals surface area contributed by atoms with Crippen LogP contribution in [0.2, 0.25) is 0 Å². The molecule has 0 rings (SSSR count). The SMILES string of the molecule is CCOCCOCCN.O=C(O)O. The molecule has 0 aliphatic heterocycles. The molecule has 0 aliphatic rings. The maximum Gasteiger partial charge on any atom is 0.503 e. The van der Waals surface area contributed by atoms with Crippen LogP contribution in [-0.4, -0.2) is 49.3 Å². The fourth-order valence-electron chi connectivity index (χ4n) is 0.448. The monoisotopic (exact) mass is 195 g/mol. The van der Waals surface area contributed by atoms with E-state index in [-0.39, 0.29) is 0 Å². The van der Waals surface area contributed by atoms with E-state index in [1.807, 2.05) is 6.92 Å². The van der Waals surface area contributed by atoms with E-state index in [1.165, 1.54) is 0 Å². The van der Waals surface area contributed by atoms with Crippen LogP contribution < -0.4 is 5.73 Å². The highest BCUT2D eigenvalue weighted by atomic mass is 16.6. The molecule has 80 valence electrons. The van der Waals surface area contributed by atoms with Crippen molar-refractivity contribution in [3.8, 4) is 0 Å². The summed E-state index contributed by atoms with van der Waals surface area (Å²) in [6.07, 6.45) is -1.83. The molecule has 0 aromatic rings. The molecule has 0 aromatic carbocycles. The Morgan fingerprint density at radius 3 is 2.08 bits per heavy atom. The maximum absolute atomic E-state index is 8.56. The predicted molar refractivity (Wildman–Crippen MR) is 47.0 cm³/mol. The molecule has 0 heterocycles. The normalized spacial score (nSPS) is 8.77. The summed E-state index contributed by atoms with van der Waals surface area (Å²) in [5.74, 6) is 0. The Balaban J connectivity index is 0. The Kier molecular flexibility index (Phi) is 15.5. The molecular formula is C7H17NO5. The van der Waals surface area contributed by atoms with Gasteiger partial charge in [0.25, 0.3) is 0 Å². The minimum Gasteiger partial charge on any atom is -0.450 e. The molecule has 0 aliphatic carbocycles. The maximum atomic E-state index is 8.56. The van der Waals surface area contributed by atoms with Crippen molar-refractivity contribution < 1.29 is 24.5 Å². The third kappa shape index (κ3) is 35.2. The van der Waals surface area contributed by atoms with Gasteiger partial charge in [-0.1, -0.05) is 0 Å². The standard InChI is InChI=1S/C6H15NO2.CH2O3/c1-2-8-5-6-9-4-3-7;2-1(3)4/h2-7H2,1H3;(H2,2,3,4). The van der Waals surface area contributed by atoms with E-state index in [0.29, 0.717) is 26.4 Å². The molecule has 13 heavy (non-hydrogen) atoms. The highest BCUT2D eigenvalue weighted by molar-refractivity contribution is 5.53. The first-order valence-corrected chi connectivity index (χ1v) is 3.92. The van der Waals surface area contributed by atoms with Crippen LogP contribution in [0.3, 0.4) is 0 Å². The summed E-state index contributed by atoms with van der Waals surface area (Å²) in [5.41, 5.74) is 5.18. The second kappa shape index (κ2) is 13.7. The van der Waals surface area contributed by atoms with Crippen LogP contribution >= 0.6 is 0 Å². The first-order chi connectivity index (χ1) is 6.15. The van der Waals surface area contributed by atoms with Crippen molar-refractivity contribution in [1.29, 1.82) is 0 Å². The smallest absolute Gasteiger partial charge is 0.450 e. The highest BCUT2D eigenvalue weighted by Gasteiger charge is 1.84. The second-order valence-electron chi connectivity index (χ2n) is 1.88. The number of hydrogen-bond donors (Lipinski definition) is 3. The Morgan fingerprint density at radius 1 is 1.23 bits per heavy atom. The largest absolute Gasteiger partial charge is 0.503 e. The van der Waals surface area contributed by atoms with Gasteiger partial charge in [0.1, 0.15) is 0 Å². The Bertz CT molecular complexity index is 99.1. The zero-order valence-corrected chi connectivity index (χ0v) is 7.73. The minimum absolute atomic E-state index is 0.589. The van der Waals surface area contributed by atoms with E-state index >= 15 is 0 Å². The van der Waals surface area contributed by atoms with E-state index in [2.05, 4.69) is 0 Å². The van der Waals surface area contributed by atoms with Crippen molar-refractivity contribution in [1.82, 2.24) is 0 Å². The molecule has 0 spiro atoms. The minimum atomic E-state index is -1.83. The van der Waals surface area contributed by atoms with Gasteiger partial charge in [0, 0.05) is 13.2 Å². The van der Waals surface area contributed by atoms with Crippen LogP contribution in [0, 0.1) is 0 Å². The van der Waals surface area contributed by atoms with Crippen LogP contribution in [0.4, 0.5) is 4.79 Å². The Labute approximate surface area is 77.3 Å². The molecule has 0 fully saturated rings. The van der Waals surface area contributed by atoms with Crippen molar-refractivity contribution in [2.75, 3.05) is 33.0 Å². The Morgan fingerprint density at radius 2 is 1.69 bits per heavy atom. The van der Waals surface area contributed by atoms with Gasteiger partial charge in [-0.25, -0.2) is 4.79 Å². The van der Waals surface area contributed by atoms with Gasteiger partial charge < -0.3 is 25.4 Å². The van der Waals surface area contributed by atoms with Crippen LogP contribution in [0.5, 0.6) is 0 Å². The number of carboxylic acid groups (broad SMARTS) is 2. The van der Waals surface area contributed by atoms with E-state index < -0.39 is 6.16 Å². The lowest BCUT2D eigenvalue weighted by Gasteiger charge is -2.00. The van der Waals surface area contributed by atoms with Crippen molar-refractivity contribution in [2.45, 2.75) is 6.92 Å². The van der Waals surface area contributed by atoms with E-state index in [9.17, 15) is 0 Å². The first-order valence-electron chi connectivity index (χ1n) is 3.92. The average molecular weight is 195 g/mol. The number of hydrogen-bond acceptors (Lipinski definition) is 4. The summed E-state index contributed by atoms with van der Waals surface area (Å²) in [7, 11) is 0. The zero-order valence-electron chi connectivity index (χ0n) is 7.73. The molecule has 4 N–H and O–H groups in total.